The van der Waals surface area contributed by atoms with Gasteiger partial charge >= 0.3 is 0 Å². The van der Waals surface area contributed by atoms with Gasteiger partial charge in [-0.1, -0.05) is 13.8 Å². The van der Waals surface area contributed by atoms with Crippen molar-refractivity contribution < 1.29 is 19.2 Å². The number of ketones is 4. The minimum Gasteiger partial charge on any atom is -0.300 e. The summed E-state index contributed by atoms with van der Waals surface area (Å²) >= 11 is 0. The molecule has 0 N–H and O–H groups in total. The molecule has 25 heavy (non-hydrogen) atoms. The van der Waals surface area contributed by atoms with Crippen molar-refractivity contribution in [1.82, 2.24) is 0 Å². The Balaban J connectivity index is 1.79. The highest BCUT2D eigenvalue weighted by atomic mass is 16.1. The van der Waals surface area contributed by atoms with Crippen molar-refractivity contribution >= 4 is 23.1 Å². The Hall–Kier alpha value is -1.58. The van der Waals surface area contributed by atoms with E-state index in [-0.39, 0.29) is 52.2 Å². The smallest absolute Gasteiger partial charge is 0.159 e. The Kier molecular flexibility index (Phi) is 3.52. The summed E-state index contributed by atoms with van der Waals surface area (Å²) in [6, 6.07) is 0. The van der Waals surface area contributed by atoms with Gasteiger partial charge in [0.05, 0.1) is 0 Å². The summed E-state index contributed by atoms with van der Waals surface area (Å²) in [5, 5.41) is 0. The first-order chi connectivity index (χ1) is 11.7. The summed E-state index contributed by atoms with van der Waals surface area (Å²) < 4.78 is 0. The first-order valence-electron chi connectivity index (χ1n) is 9.50. The van der Waals surface area contributed by atoms with E-state index in [1.807, 2.05) is 6.92 Å². The molecule has 6 atom stereocenters. The predicted molar refractivity (Wildman–Crippen MR) is 91.7 cm³/mol. The number of rotatable bonds is 1. The molecule has 4 aliphatic rings. The van der Waals surface area contributed by atoms with Crippen LogP contribution in [0.2, 0.25) is 0 Å². The number of carbonyl (C=O) groups excluding carboxylic acids is 4. The molecule has 4 aliphatic carbocycles. The van der Waals surface area contributed by atoms with Crippen molar-refractivity contribution in [3.63, 3.8) is 0 Å². The zero-order valence-electron chi connectivity index (χ0n) is 15.3. The van der Waals surface area contributed by atoms with Crippen LogP contribution in [0.25, 0.3) is 0 Å². The van der Waals surface area contributed by atoms with E-state index in [1.54, 1.807) is 6.92 Å². The molecular weight excluding hydrogens is 316 g/mol. The Morgan fingerprint density at radius 2 is 1.88 bits per heavy atom. The highest BCUT2D eigenvalue weighted by molar-refractivity contribution is 6.07. The molecule has 3 saturated carbocycles. The Bertz CT molecular complexity index is 732. The van der Waals surface area contributed by atoms with Gasteiger partial charge in [-0.15, -0.1) is 0 Å². The van der Waals surface area contributed by atoms with Crippen LogP contribution in [0.3, 0.4) is 0 Å². The van der Waals surface area contributed by atoms with Gasteiger partial charge in [0.15, 0.2) is 11.6 Å². The standard InChI is InChI=1S/C21H26O4/c1-11(22)14-4-5-15-13-9-17(24)16-8-12(23)6-7-20(16,2)19(13)18(25)10-21(14,15)3/h8,13-15,19H,4-7,9-10H2,1-3H3. The number of hydrogen-bond donors (Lipinski definition) is 0. The van der Waals surface area contributed by atoms with Crippen LogP contribution in [-0.4, -0.2) is 23.1 Å². The number of carbonyl (C=O) groups is 4. The molecule has 0 saturated heterocycles. The molecular formula is C21H26O4. The molecule has 0 radical (unpaired) electrons. The lowest BCUT2D eigenvalue weighted by Gasteiger charge is -2.56. The molecule has 6 unspecified atom stereocenters. The van der Waals surface area contributed by atoms with E-state index in [9.17, 15) is 19.2 Å². The van der Waals surface area contributed by atoms with Crippen LogP contribution in [0.15, 0.2) is 11.6 Å². The maximum atomic E-state index is 13.3. The summed E-state index contributed by atoms with van der Waals surface area (Å²) in [4.78, 5) is 50.1. The van der Waals surface area contributed by atoms with Crippen molar-refractivity contribution in [3.05, 3.63) is 11.6 Å². The first-order valence-corrected chi connectivity index (χ1v) is 9.50. The summed E-state index contributed by atoms with van der Waals surface area (Å²) in [6.45, 7) is 5.74. The molecule has 134 valence electrons. The van der Waals surface area contributed by atoms with Gasteiger partial charge in [-0.05, 0) is 49.5 Å². The molecule has 0 aromatic rings. The third kappa shape index (κ3) is 2.12. The maximum absolute atomic E-state index is 13.3. The van der Waals surface area contributed by atoms with E-state index in [0.717, 1.165) is 12.8 Å². The summed E-state index contributed by atoms with van der Waals surface area (Å²) in [7, 11) is 0. The largest absolute Gasteiger partial charge is 0.300 e. The maximum Gasteiger partial charge on any atom is 0.159 e. The molecule has 0 amide bonds. The van der Waals surface area contributed by atoms with Gasteiger partial charge in [-0.25, -0.2) is 0 Å². The van der Waals surface area contributed by atoms with Crippen molar-refractivity contribution in [1.29, 1.82) is 0 Å². The van der Waals surface area contributed by atoms with Crippen LogP contribution < -0.4 is 0 Å². The SMILES string of the molecule is CC(=O)C1CCC2C3CC(=O)C4=CC(=O)CCC4(C)C3C(=O)CC12C. The van der Waals surface area contributed by atoms with Gasteiger partial charge in [0.1, 0.15) is 11.6 Å². The minimum absolute atomic E-state index is 0.00452. The van der Waals surface area contributed by atoms with Gasteiger partial charge in [0.2, 0.25) is 0 Å². The van der Waals surface area contributed by atoms with Crippen molar-refractivity contribution in [2.24, 2.45) is 34.5 Å². The van der Waals surface area contributed by atoms with Gasteiger partial charge in [0, 0.05) is 42.1 Å². The van der Waals surface area contributed by atoms with Crippen molar-refractivity contribution in [2.45, 2.75) is 59.3 Å². The van der Waals surface area contributed by atoms with Gasteiger partial charge in [-0.3, -0.25) is 19.2 Å². The van der Waals surface area contributed by atoms with Crippen LogP contribution >= 0.6 is 0 Å². The molecule has 0 heterocycles. The number of Topliss-reactive ketones (excluding diaryl/α,β-unsaturated/α-hetero) is 3. The number of fused-ring (bicyclic) bond motifs is 5. The molecule has 3 fully saturated rings. The van der Waals surface area contributed by atoms with Crippen LogP contribution in [0.5, 0.6) is 0 Å². The highest BCUT2D eigenvalue weighted by Crippen LogP contribution is 2.65. The third-order valence-corrected chi connectivity index (χ3v) is 7.97. The highest BCUT2D eigenvalue weighted by Gasteiger charge is 2.64. The fourth-order valence-electron chi connectivity index (χ4n) is 6.90. The Labute approximate surface area is 148 Å². The lowest BCUT2D eigenvalue weighted by Crippen LogP contribution is -2.57. The topological polar surface area (TPSA) is 68.3 Å². The first kappa shape index (κ1) is 16.9. The quantitative estimate of drug-likeness (QED) is 0.734. The molecule has 0 aromatic carbocycles. The van der Waals surface area contributed by atoms with E-state index >= 15 is 0 Å². The molecule has 4 heteroatoms. The fraction of sp³-hybridized carbons (Fsp3) is 0.714. The van der Waals surface area contributed by atoms with Gasteiger partial charge in [-0.2, -0.15) is 0 Å². The minimum atomic E-state index is -0.499. The second-order valence-corrected chi connectivity index (χ2v) is 9.21. The number of allylic oxidation sites excluding steroid dienone is 1. The van der Waals surface area contributed by atoms with E-state index < -0.39 is 5.41 Å². The Morgan fingerprint density at radius 3 is 2.56 bits per heavy atom. The van der Waals surface area contributed by atoms with Crippen LogP contribution in [0.4, 0.5) is 0 Å². The molecule has 0 bridgehead atoms. The second kappa shape index (κ2) is 5.21. The van der Waals surface area contributed by atoms with Crippen LogP contribution in [-0.2, 0) is 19.2 Å². The number of hydrogen-bond acceptors (Lipinski definition) is 4. The molecule has 0 aliphatic heterocycles. The van der Waals surface area contributed by atoms with Crippen LogP contribution in [0, 0.1) is 34.5 Å². The zero-order valence-corrected chi connectivity index (χ0v) is 15.3. The van der Waals surface area contributed by atoms with E-state index in [2.05, 4.69) is 6.92 Å². The van der Waals surface area contributed by atoms with Crippen molar-refractivity contribution in [3.8, 4) is 0 Å². The molecule has 0 aromatic heterocycles. The predicted octanol–water partition coefficient (Wildman–Crippen LogP) is 3.08. The van der Waals surface area contributed by atoms with E-state index in [1.165, 1.54) is 6.08 Å². The fourth-order valence-corrected chi connectivity index (χ4v) is 6.90. The molecule has 0 spiro atoms. The second-order valence-electron chi connectivity index (χ2n) is 9.21. The Morgan fingerprint density at radius 1 is 1.16 bits per heavy atom. The lowest BCUT2D eigenvalue weighted by atomic mass is 9.46. The monoisotopic (exact) mass is 342 g/mol. The lowest BCUT2D eigenvalue weighted by molar-refractivity contribution is -0.150. The normalized spacial score (nSPS) is 46.2. The summed E-state index contributed by atoms with van der Waals surface area (Å²) in [5.41, 5.74) is -0.212. The summed E-state index contributed by atoms with van der Waals surface area (Å²) in [6.07, 6.45) is 5.08. The average Bonchev–Trinajstić information content (AvgIpc) is 2.85. The van der Waals surface area contributed by atoms with E-state index in [4.69, 9.17) is 0 Å². The third-order valence-electron chi connectivity index (χ3n) is 7.97. The van der Waals surface area contributed by atoms with Crippen LogP contribution in [0.1, 0.15) is 59.3 Å². The molecule has 4 rings (SSSR count). The molecule has 4 nitrogen and oxygen atoms in total. The van der Waals surface area contributed by atoms with Crippen molar-refractivity contribution in [2.75, 3.05) is 0 Å². The average molecular weight is 342 g/mol. The summed E-state index contributed by atoms with van der Waals surface area (Å²) in [5.74, 6) is 0.469. The zero-order chi connectivity index (χ0) is 18.1. The van der Waals surface area contributed by atoms with Gasteiger partial charge in [0.25, 0.3) is 0 Å². The van der Waals surface area contributed by atoms with Gasteiger partial charge < -0.3 is 0 Å². The van der Waals surface area contributed by atoms with E-state index in [0.29, 0.717) is 31.3 Å².